The van der Waals surface area contributed by atoms with E-state index in [1.807, 2.05) is 50.2 Å². The van der Waals surface area contributed by atoms with Crippen LogP contribution in [0.2, 0.25) is 0 Å². The van der Waals surface area contributed by atoms with Crippen molar-refractivity contribution in [1.29, 1.82) is 5.26 Å². The van der Waals surface area contributed by atoms with E-state index >= 15 is 0 Å². The Morgan fingerprint density at radius 2 is 1.88 bits per heavy atom. The highest BCUT2D eigenvalue weighted by atomic mass is 16.5. The quantitative estimate of drug-likeness (QED) is 0.728. The lowest BCUT2D eigenvalue weighted by molar-refractivity contribution is -0.116. The van der Waals surface area contributed by atoms with Crippen molar-refractivity contribution in [1.82, 2.24) is 10.4 Å². The lowest BCUT2D eigenvalue weighted by Crippen LogP contribution is -2.48. The fourth-order valence-electron chi connectivity index (χ4n) is 4.34. The Morgan fingerprint density at radius 1 is 1.18 bits per heavy atom. The van der Waals surface area contributed by atoms with Gasteiger partial charge in [0.25, 0.3) is 5.91 Å². The van der Waals surface area contributed by atoms with E-state index in [1.165, 1.54) is 5.01 Å². The van der Waals surface area contributed by atoms with Gasteiger partial charge in [0.05, 0.1) is 24.2 Å². The van der Waals surface area contributed by atoms with Crippen LogP contribution in [0.5, 0.6) is 5.75 Å². The minimum absolute atomic E-state index is 0.0371. The summed E-state index contributed by atoms with van der Waals surface area (Å²) in [6.45, 7) is 4.39. The molecule has 1 unspecified atom stereocenters. The van der Waals surface area contributed by atoms with Gasteiger partial charge < -0.3 is 10.5 Å². The van der Waals surface area contributed by atoms with Crippen molar-refractivity contribution in [2.75, 3.05) is 6.61 Å². The second-order valence-corrected chi connectivity index (χ2v) is 8.13. The zero-order valence-corrected chi connectivity index (χ0v) is 18.7. The van der Waals surface area contributed by atoms with Crippen molar-refractivity contribution < 1.29 is 14.3 Å². The molecular formula is C26H26N4O3. The summed E-state index contributed by atoms with van der Waals surface area (Å²) >= 11 is 0. The number of carbonyl (C=O) groups is 2. The first-order valence-electron chi connectivity index (χ1n) is 11.0. The summed E-state index contributed by atoms with van der Waals surface area (Å²) in [5.41, 5.74) is 12.9. The number of nitrogens with zero attached hydrogens (tertiary/aromatic N) is 2. The molecule has 2 aromatic carbocycles. The fraction of sp³-hybridized carbons (Fsp3) is 0.269. The molecule has 2 aliphatic rings. The summed E-state index contributed by atoms with van der Waals surface area (Å²) < 4.78 is 5.52. The summed E-state index contributed by atoms with van der Waals surface area (Å²) in [6, 6.07) is 16.7. The molecule has 0 saturated heterocycles. The number of hydrogen-bond donors (Lipinski definition) is 2. The number of carbonyl (C=O) groups excluding carboxylic acids is 2. The molecule has 1 atom stereocenters. The van der Waals surface area contributed by atoms with Crippen molar-refractivity contribution >= 4 is 11.7 Å². The zero-order valence-electron chi connectivity index (χ0n) is 18.7. The molecule has 0 saturated carbocycles. The van der Waals surface area contributed by atoms with E-state index in [2.05, 4.69) is 11.5 Å². The van der Waals surface area contributed by atoms with Crippen LogP contribution in [-0.4, -0.2) is 23.3 Å². The van der Waals surface area contributed by atoms with Gasteiger partial charge in [0, 0.05) is 23.3 Å². The third kappa shape index (κ3) is 4.20. The number of nitrogens with one attached hydrogen (secondary N) is 1. The number of hydrazine groups is 1. The summed E-state index contributed by atoms with van der Waals surface area (Å²) in [6.07, 6.45) is 1.62. The Hall–Kier alpha value is -4.05. The van der Waals surface area contributed by atoms with Gasteiger partial charge >= 0.3 is 0 Å². The summed E-state index contributed by atoms with van der Waals surface area (Å²) in [5.74, 6) is -0.139. The minimum Gasteiger partial charge on any atom is -0.494 e. The van der Waals surface area contributed by atoms with E-state index in [1.54, 1.807) is 12.1 Å². The second-order valence-electron chi connectivity index (χ2n) is 8.13. The first-order valence-corrected chi connectivity index (χ1v) is 11.0. The van der Waals surface area contributed by atoms with Crippen LogP contribution in [0.3, 0.4) is 0 Å². The topological polar surface area (TPSA) is 108 Å². The van der Waals surface area contributed by atoms with Gasteiger partial charge in [-0.25, -0.2) is 5.01 Å². The number of ether oxygens (including phenoxy) is 1. The van der Waals surface area contributed by atoms with Gasteiger partial charge in [0.15, 0.2) is 5.78 Å². The molecular weight excluding hydrogens is 416 g/mol. The van der Waals surface area contributed by atoms with E-state index in [0.29, 0.717) is 48.5 Å². The molecule has 3 N–H and O–H groups in total. The number of aryl methyl sites for hydroxylation is 1. The molecule has 0 fully saturated rings. The van der Waals surface area contributed by atoms with Gasteiger partial charge in [-0.05, 0) is 56.5 Å². The predicted octanol–water partition coefficient (Wildman–Crippen LogP) is 3.84. The molecule has 2 aromatic rings. The molecule has 4 rings (SSSR count). The molecule has 0 aromatic heterocycles. The van der Waals surface area contributed by atoms with E-state index in [-0.39, 0.29) is 23.1 Å². The largest absolute Gasteiger partial charge is 0.494 e. The van der Waals surface area contributed by atoms with Gasteiger partial charge in [-0.2, -0.15) is 5.26 Å². The van der Waals surface area contributed by atoms with Crippen LogP contribution in [0, 0.1) is 18.3 Å². The summed E-state index contributed by atoms with van der Waals surface area (Å²) in [5, 5.41) is 11.5. The van der Waals surface area contributed by atoms with Gasteiger partial charge in [-0.1, -0.05) is 29.8 Å². The van der Waals surface area contributed by atoms with E-state index in [9.17, 15) is 14.9 Å². The monoisotopic (exact) mass is 442 g/mol. The normalized spacial score (nSPS) is 18.0. The number of hydrogen-bond acceptors (Lipinski definition) is 6. The molecule has 168 valence electrons. The number of nitrogens with two attached hydrogens (primary N) is 1. The molecule has 1 aliphatic heterocycles. The van der Waals surface area contributed by atoms with Crippen molar-refractivity contribution in [3.05, 3.63) is 87.9 Å². The summed E-state index contributed by atoms with van der Waals surface area (Å²) in [4.78, 5) is 26.0. The highest BCUT2D eigenvalue weighted by Crippen LogP contribution is 2.44. The van der Waals surface area contributed by atoms with Crippen molar-refractivity contribution in [2.45, 2.75) is 39.0 Å². The Morgan fingerprint density at radius 3 is 2.52 bits per heavy atom. The molecule has 0 bridgehead atoms. The first kappa shape index (κ1) is 22.2. The minimum atomic E-state index is -0.582. The van der Waals surface area contributed by atoms with E-state index in [4.69, 9.17) is 10.5 Å². The van der Waals surface area contributed by atoms with Crippen LogP contribution in [0.25, 0.3) is 0 Å². The molecule has 33 heavy (non-hydrogen) atoms. The molecule has 1 amide bonds. The highest BCUT2D eigenvalue weighted by molar-refractivity contribution is 6.00. The van der Waals surface area contributed by atoms with Crippen LogP contribution in [0.1, 0.15) is 53.6 Å². The molecule has 7 heteroatoms. The standard InChI is InChI=1S/C26H26N4O3/c1-3-33-19-13-11-17(12-14-19)23-20(15-27)25(28)30(21-5-4-6-22(31)24(21)23)29-26(32)18-9-7-16(2)8-10-18/h7-14,23H,3-6,28H2,1-2H3,(H,29,32). The highest BCUT2D eigenvalue weighted by Gasteiger charge is 2.40. The zero-order chi connectivity index (χ0) is 23.5. The SMILES string of the molecule is CCOc1ccc(C2C(C#N)=C(N)N(NC(=O)c3ccc(C)cc3)C3=C2C(=O)CCC3)cc1. The maximum atomic E-state index is 13.1. The number of allylic oxidation sites excluding steroid dienone is 3. The average molecular weight is 443 g/mol. The molecule has 0 radical (unpaired) electrons. The van der Waals surface area contributed by atoms with E-state index in [0.717, 1.165) is 11.1 Å². The molecule has 1 aliphatic carbocycles. The Kier molecular flexibility index (Phi) is 6.18. The lowest BCUT2D eigenvalue weighted by atomic mass is 9.76. The van der Waals surface area contributed by atoms with Gasteiger partial charge in [0.2, 0.25) is 0 Å². The smallest absolute Gasteiger partial charge is 0.270 e. The van der Waals surface area contributed by atoms with Gasteiger partial charge in [0.1, 0.15) is 11.6 Å². The maximum Gasteiger partial charge on any atom is 0.270 e. The van der Waals surface area contributed by atoms with Crippen molar-refractivity contribution in [2.24, 2.45) is 5.73 Å². The molecule has 0 spiro atoms. The van der Waals surface area contributed by atoms with Gasteiger partial charge in [-0.15, -0.1) is 0 Å². The number of Topliss-reactive ketones (excluding diaryl/α,β-unsaturated/α-hetero) is 1. The maximum absolute atomic E-state index is 13.1. The number of nitriles is 1. The fourth-order valence-corrected chi connectivity index (χ4v) is 4.34. The van der Waals surface area contributed by atoms with E-state index < -0.39 is 5.92 Å². The van der Waals surface area contributed by atoms with Crippen LogP contribution < -0.4 is 15.9 Å². The second kappa shape index (κ2) is 9.21. The van der Waals surface area contributed by atoms with Crippen molar-refractivity contribution in [3.8, 4) is 11.8 Å². The third-order valence-corrected chi connectivity index (χ3v) is 5.96. The number of benzene rings is 2. The van der Waals surface area contributed by atoms with Crippen LogP contribution in [-0.2, 0) is 4.79 Å². The predicted molar refractivity (Wildman–Crippen MR) is 124 cm³/mol. The molecule has 7 nitrogen and oxygen atoms in total. The number of amides is 1. The Bertz CT molecular complexity index is 1190. The van der Waals surface area contributed by atoms with Crippen LogP contribution in [0.15, 0.2) is 71.2 Å². The lowest BCUT2D eigenvalue weighted by Gasteiger charge is -2.39. The van der Waals surface area contributed by atoms with Crippen LogP contribution >= 0.6 is 0 Å². The third-order valence-electron chi connectivity index (χ3n) is 5.96. The number of ketones is 1. The number of rotatable bonds is 5. The average Bonchev–Trinajstić information content (AvgIpc) is 2.82. The van der Waals surface area contributed by atoms with Gasteiger partial charge in [-0.3, -0.25) is 15.0 Å². The summed E-state index contributed by atoms with van der Waals surface area (Å²) in [7, 11) is 0. The first-order chi connectivity index (χ1) is 15.9. The van der Waals surface area contributed by atoms with Crippen molar-refractivity contribution in [3.63, 3.8) is 0 Å². The Balaban J connectivity index is 1.76. The Labute approximate surface area is 193 Å². The van der Waals surface area contributed by atoms with Crippen LogP contribution in [0.4, 0.5) is 0 Å². The molecule has 1 heterocycles.